The van der Waals surface area contributed by atoms with Gasteiger partial charge >= 0.3 is 5.97 Å². The molecule has 11 heteroatoms. The summed E-state index contributed by atoms with van der Waals surface area (Å²) in [5.41, 5.74) is 4.47. The molecule has 11 nitrogen and oxygen atoms in total. The summed E-state index contributed by atoms with van der Waals surface area (Å²) >= 11 is 0. The molecule has 0 aromatic carbocycles. The van der Waals surface area contributed by atoms with Crippen molar-refractivity contribution in [2.75, 3.05) is 25.9 Å². The van der Waals surface area contributed by atoms with E-state index in [9.17, 15) is 20.3 Å². The van der Waals surface area contributed by atoms with Gasteiger partial charge in [0.2, 0.25) is 5.60 Å². The standard InChI is InChI=1S/C15H18N6O5/c1-18-4-11(22)25-5-9-12(23)13(24)15(6-16,26-9)10-3-2-8-14(17)19-7-20-21(8)10/h2-3,7,9,12-13,18,23-24H,4-5H2,1H3,(H2,17,19,20)/t9-,12-,13-,15+/m1/s1. The van der Waals surface area contributed by atoms with Gasteiger partial charge in [-0.25, -0.2) is 9.50 Å². The number of hydrogen-bond acceptors (Lipinski definition) is 10. The topological polar surface area (TPSA) is 168 Å². The molecule has 0 unspecified atom stereocenters. The van der Waals surface area contributed by atoms with Gasteiger partial charge in [-0.05, 0) is 19.2 Å². The lowest BCUT2D eigenvalue weighted by atomic mass is 9.92. The number of nitriles is 1. The molecule has 1 saturated heterocycles. The van der Waals surface area contributed by atoms with Crippen molar-refractivity contribution in [3.8, 4) is 6.07 Å². The first-order chi connectivity index (χ1) is 12.4. The van der Waals surface area contributed by atoms with Crippen molar-refractivity contribution in [1.82, 2.24) is 19.9 Å². The number of carbonyl (C=O) groups excluding carboxylic acids is 1. The van der Waals surface area contributed by atoms with Crippen LogP contribution < -0.4 is 11.1 Å². The maximum Gasteiger partial charge on any atom is 0.320 e. The average molecular weight is 362 g/mol. The van der Waals surface area contributed by atoms with E-state index in [0.29, 0.717) is 5.52 Å². The summed E-state index contributed by atoms with van der Waals surface area (Å²) in [6.45, 7) is -0.336. The summed E-state index contributed by atoms with van der Waals surface area (Å²) in [5.74, 6) is -0.370. The Bertz CT molecular complexity index is 864. The average Bonchev–Trinajstić information content (AvgIpc) is 3.16. The molecule has 2 aromatic heterocycles. The first-order valence-electron chi connectivity index (χ1n) is 7.78. The Morgan fingerprint density at radius 2 is 2.35 bits per heavy atom. The van der Waals surface area contributed by atoms with Gasteiger partial charge in [-0.15, -0.1) is 0 Å². The second-order valence-corrected chi connectivity index (χ2v) is 5.81. The van der Waals surface area contributed by atoms with Crippen LogP contribution in [0, 0.1) is 11.3 Å². The van der Waals surface area contributed by atoms with Crippen LogP contribution in [0.5, 0.6) is 0 Å². The number of aliphatic hydroxyl groups is 2. The molecule has 3 heterocycles. The highest BCUT2D eigenvalue weighted by Crippen LogP contribution is 2.40. The second-order valence-electron chi connectivity index (χ2n) is 5.81. The van der Waals surface area contributed by atoms with E-state index in [2.05, 4.69) is 15.4 Å². The molecule has 3 rings (SSSR count). The number of nitrogens with zero attached hydrogens (tertiary/aromatic N) is 4. The Morgan fingerprint density at radius 3 is 3.04 bits per heavy atom. The number of aromatic nitrogens is 3. The molecular weight excluding hydrogens is 344 g/mol. The summed E-state index contributed by atoms with van der Waals surface area (Å²) in [6, 6.07) is 4.99. The molecule has 0 bridgehead atoms. The van der Waals surface area contributed by atoms with E-state index >= 15 is 0 Å². The fourth-order valence-electron chi connectivity index (χ4n) is 2.92. The van der Waals surface area contributed by atoms with Gasteiger partial charge in [0.05, 0.1) is 12.2 Å². The number of hydrogen-bond donors (Lipinski definition) is 4. The van der Waals surface area contributed by atoms with Crippen LogP contribution in [0.1, 0.15) is 5.69 Å². The van der Waals surface area contributed by atoms with Crippen molar-refractivity contribution in [2.45, 2.75) is 23.9 Å². The van der Waals surface area contributed by atoms with E-state index in [4.69, 9.17) is 15.2 Å². The highest BCUT2D eigenvalue weighted by Gasteiger charge is 2.57. The number of esters is 1. The summed E-state index contributed by atoms with van der Waals surface area (Å²) in [4.78, 5) is 15.3. The number of rotatable bonds is 5. The molecule has 1 aliphatic rings. The minimum Gasteiger partial charge on any atom is -0.462 e. The molecule has 138 valence electrons. The summed E-state index contributed by atoms with van der Waals surface area (Å²) < 4.78 is 12.0. The highest BCUT2D eigenvalue weighted by atomic mass is 16.6. The molecule has 0 amide bonds. The molecule has 2 aromatic rings. The molecule has 0 spiro atoms. The van der Waals surface area contributed by atoms with Crippen molar-refractivity contribution in [3.05, 3.63) is 24.2 Å². The number of anilines is 1. The number of fused-ring (bicyclic) bond motifs is 1. The number of nitrogen functional groups attached to an aromatic ring is 1. The largest absolute Gasteiger partial charge is 0.462 e. The third-order valence-corrected chi connectivity index (χ3v) is 4.22. The zero-order chi connectivity index (χ0) is 18.9. The minimum atomic E-state index is -1.91. The monoisotopic (exact) mass is 362 g/mol. The third kappa shape index (κ3) is 2.74. The van der Waals surface area contributed by atoms with Crippen LogP contribution in [0.2, 0.25) is 0 Å². The van der Waals surface area contributed by atoms with Crippen molar-refractivity contribution in [1.29, 1.82) is 5.26 Å². The van der Waals surface area contributed by atoms with E-state index in [-0.39, 0.29) is 24.7 Å². The number of nitrogens with one attached hydrogen (secondary N) is 1. The van der Waals surface area contributed by atoms with Gasteiger partial charge in [0.15, 0.2) is 5.82 Å². The lowest BCUT2D eigenvalue weighted by molar-refractivity contribution is -0.149. The van der Waals surface area contributed by atoms with E-state index < -0.39 is 29.9 Å². The molecule has 26 heavy (non-hydrogen) atoms. The van der Waals surface area contributed by atoms with Crippen LogP contribution in [0.3, 0.4) is 0 Å². The van der Waals surface area contributed by atoms with Crippen LogP contribution >= 0.6 is 0 Å². The van der Waals surface area contributed by atoms with Gasteiger partial charge in [0, 0.05) is 0 Å². The van der Waals surface area contributed by atoms with Gasteiger partial charge < -0.3 is 30.7 Å². The first kappa shape index (κ1) is 18.0. The Kier molecular flexibility index (Phi) is 4.75. The maximum absolute atomic E-state index is 11.5. The van der Waals surface area contributed by atoms with Crippen LogP contribution in [-0.4, -0.2) is 69.3 Å². The molecule has 1 aliphatic heterocycles. The van der Waals surface area contributed by atoms with Gasteiger partial charge in [-0.1, -0.05) is 0 Å². The van der Waals surface area contributed by atoms with E-state index in [1.54, 1.807) is 13.1 Å². The normalized spacial score (nSPS) is 28.2. The smallest absolute Gasteiger partial charge is 0.320 e. The lowest BCUT2D eigenvalue weighted by Gasteiger charge is -2.24. The number of carbonyl (C=O) groups is 1. The third-order valence-electron chi connectivity index (χ3n) is 4.22. The fourth-order valence-corrected chi connectivity index (χ4v) is 2.92. The molecule has 0 saturated carbocycles. The molecule has 5 N–H and O–H groups in total. The predicted octanol–water partition coefficient (Wildman–Crippen LogP) is -2.09. The van der Waals surface area contributed by atoms with Gasteiger partial charge in [-0.3, -0.25) is 4.79 Å². The fraction of sp³-hybridized carbons (Fsp3) is 0.467. The first-order valence-corrected chi connectivity index (χ1v) is 7.78. The van der Waals surface area contributed by atoms with E-state index in [1.807, 2.05) is 6.07 Å². The quantitative estimate of drug-likeness (QED) is 0.433. The predicted molar refractivity (Wildman–Crippen MR) is 86.5 cm³/mol. The Morgan fingerprint density at radius 1 is 1.58 bits per heavy atom. The van der Waals surface area contributed by atoms with Crippen molar-refractivity contribution in [2.24, 2.45) is 0 Å². The van der Waals surface area contributed by atoms with Gasteiger partial charge in [-0.2, -0.15) is 10.4 Å². The van der Waals surface area contributed by atoms with Gasteiger partial charge in [0.1, 0.15) is 42.8 Å². The number of nitrogens with two attached hydrogens (primary N) is 1. The van der Waals surface area contributed by atoms with Crippen LogP contribution in [0.25, 0.3) is 5.52 Å². The summed E-state index contributed by atoms with van der Waals surface area (Å²) in [5, 5.41) is 37.2. The SMILES string of the molecule is CNCC(=O)OC[C@H]1O[C@@](C#N)(c2ccc3c(N)ncnn23)[C@H](O)[C@@H]1O. The Hall–Kier alpha value is -2.78. The number of aliphatic hydroxyl groups excluding tert-OH is 2. The van der Waals surface area contributed by atoms with E-state index in [0.717, 1.165) is 0 Å². The Balaban J connectivity index is 1.92. The lowest BCUT2D eigenvalue weighted by Crippen LogP contribution is -2.41. The number of likely N-dealkylation sites (N-methyl/N-ethyl adjacent to an activating group) is 1. The zero-order valence-corrected chi connectivity index (χ0v) is 13.9. The van der Waals surface area contributed by atoms with Gasteiger partial charge in [0.25, 0.3) is 0 Å². The van der Waals surface area contributed by atoms with Crippen LogP contribution in [-0.2, 0) is 19.9 Å². The van der Waals surface area contributed by atoms with Crippen molar-refractivity contribution >= 4 is 17.3 Å². The molecule has 4 atom stereocenters. The minimum absolute atomic E-state index is 0.0195. The molecule has 1 fully saturated rings. The summed E-state index contributed by atoms with van der Waals surface area (Å²) in [6.07, 6.45) is -2.92. The molecule has 0 radical (unpaired) electrons. The number of ether oxygens (including phenoxy) is 2. The second kappa shape index (κ2) is 6.85. The van der Waals surface area contributed by atoms with E-state index in [1.165, 1.54) is 16.9 Å². The molecule has 0 aliphatic carbocycles. The summed E-state index contributed by atoms with van der Waals surface area (Å²) in [7, 11) is 1.58. The molecular formula is C15H18N6O5. The van der Waals surface area contributed by atoms with Crippen LogP contribution in [0.15, 0.2) is 18.5 Å². The zero-order valence-electron chi connectivity index (χ0n) is 13.9. The maximum atomic E-state index is 11.5. The van der Waals surface area contributed by atoms with Crippen molar-refractivity contribution < 1.29 is 24.5 Å². The van der Waals surface area contributed by atoms with Crippen LogP contribution in [0.4, 0.5) is 5.82 Å². The highest BCUT2D eigenvalue weighted by molar-refractivity contribution is 5.71. The Labute approximate surface area is 147 Å². The van der Waals surface area contributed by atoms with Crippen molar-refractivity contribution in [3.63, 3.8) is 0 Å².